The lowest BCUT2D eigenvalue weighted by Crippen LogP contribution is -2.07. The molecule has 0 unspecified atom stereocenters. The van der Waals surface area contributed by atoms with Crippen LogP contribution in [0.1, 0.15) is 36.8 Å². The first-order chi connectivity index (χ1) is 13.3. The number of nitrogens with two attached hydrogens (primary N) is 1. The van der Waals surface area contributed by atoms with E-state index in [-0.39, 0.29) is 0 Å². The molecule has 1 aliphatic carbocycles. The van der Waals surface area contributed by atoms with E-state index >= 15 is 0 Å². The van der Waals surface area contributed by atoms with Crippen molar-refractivity contribution in [2.24, 2.45) is 0 Å². The lowest BCUT2D eigenvalue weighted by atomic mass is 9.92. The summed E-state index contributed by atoms with van der Waals surface area (Å²) in [6.45, 7) is 0.614. The summed E-state index contributed by atoms with van der Waals surface area (Å²) >= 11 is 0. The first-order valence-corrected chi connectivity index (χ1v) is 9.36. The highest BCUT2D eigenvalue weighted by Gasteiger charge is 2.22. The molecule has 5 nitrogen and oxygen atoms in total. The van der Waals surface area contributed by atoms with Crippen LogP contribution < -0.4 is 10.5 Å². The average molecular weight is 360 g/mol. The lowest BCUT2D eigenvalue weighted by Gasteiger charge is -2.14. The quantitative estimate of drug-likeness (QED) is 0.725. The summed E-state index contributed by atoms with van der Waals surface area (Å²) in [4.78, 5) is 4.51. The zero-order valence-electron chi connectivity index (χ0n) is 15.6. The molecule has 0 bridgehead atoms. The van der Waals surface area contributed by atoms with Crippen molar-refractivity contribution in [1.82, 2.24) is 14.8 Å². The van der Waals surface area contributed by atoms with Crippen LogP contribution in [0, 0.1) is 0 Å². The summed E-state index contributed by atoms with van der Waals surface area (Å²) in [5.41, 5.74) is 11.8. The summed E-state index contributed by atoms with van der Waals surface area (Å²) in [7, 11) is 1.67. The molecule has 0 amide bonds. The first-order valence-electron chi connectivity index (χ1n) is 9.36. The summed E-state index contributed by atoms with van der Waals surface area (Å²) in [6.07, 6.45) is 8.67. The van der Waals surface area contributed by atoms with Gasteiger partial charge in [-0.05, 0) is 61.1 Å². The number of aromatic nitrogens is 3. The molecule has 1 aromatic carbocycles. The Morgan fingerprint density at radius 3 is 2.63 bits per heavy atom. The van der Waals surface area contributed by atoms with Gasteiger partial charge in [0.2, 0.25) is 0 Å². The molecule has 0 aliphatic heterocycles. The van der Waals surface area contributed by atoms with E-state index in [1.165, 1.54) is 18.4 Å². The second-order valence-corrected chi connectivity index (χ2v) is 6.80. The van der Waals surface area contributed by atoms with Gasteiger partial charge in [0, 0.05) is 11.8 Å². The summed E-state index contributed by atoms with van der Waals surface area (Å²) in [6, 6.07) is 13.9. The molecular weight excluding hydrogens is 336 g/mol. The third-order valence-corrected chi connectivity index (χ3v) is 5.00. The predicted octanol–water partition coefficient (Wildman–Crippen LogP) is 4.54. The molecule has 138 valence electrons. The van der Waals surface area contributed by atoms with E-state index in [4.69, 9.17) is 15.6 Å². The van der Waals surface area contributed by atoms with Crippen molar-refractivity contribution >= 4 is 11.4 Å². The number of hydrogen-bond donors (Lipinski definition) is 1. The number of benzene rings is 1. The van der Waals surface area contributed by atoms with Crippen LogP contribution in [-0.2, 0) is 6.54 Å². The van der Waals surface area contributed by atoms with Crippen LogP contribution in [0.3, 0.4) is 0 Å². The molecule has 0 saturated heterocycles. The Morgan fingerprint density at radius 2 is 1.96 bits per heavy atom. The van der Waals surface area contributed by atoms with E-state index in [1.54, 1.807) is 13.3 Å². The minimum atomic E-state index is 0.614. The molecule has 0 fully saturated rings. The Labute approximate surface area is 159 Å². The van der Waals surface area contributed by atoms with Crippen molar-refractivity contribution in [3.63, 3.8) is 0 Å². The van der Waals surface area contributed by atoms with Gasteiger partial charge in [-0.1, -0.05) is 24.3 Å². The number of allylic oxidation sites excluding steroid dienone is 2. The Hall–Kier alpha value is -3.08. The Morgan fingerprint density at radius 1 is 1.11 bits per heavy atom. The SMILES string of the molecule is COc1ccc(Cn2nc(-c3ccccn3)c(C3=CCCCC3)c2N)cc1. The number of hydrogen-bond acceptors (Lipinski definition) is 4. The Balaban J connectivity index is 1.76. The van der Waals surface area contributed by atoms with Gasteiger partial charge in [-0.25, -0.2) is 4.68 Å². The van der Waals surface area contributed by atoms with Crippen molar-refractivity contribution in [3.05, 3.63) is 65.9 Å². The second-order valence-electron chi connectivity index (χ2n) is 6.80. The highest BCUT2D eigenvalue weighted by Crippen LogP contribution is 2.37. The molecular formula is C22H24N4O. The number of rotatable bonds is 5. The van der Waals surface area contributed by atoms with Gasteiger partial charge in [0.05, 0.1) is 19.3 Å². The second kappa shape index (κ2) is 7.66. The molecule has 0 saturated carbocycles. The van der Waals surface area contributed by atoms with Crippen LogP contribution >= 0.6 is 0 Å². The minimum Gasteiger partial charge on any atom is -0.497 e. The van der Waals surface area contributed by atoms with Crippen LogP contribution in [0.4, 0.5) is 5.82 Å². The van der Waals surface area contributed by atoms with Crippen molar-refractivity contribution in [2.45, 2.75) is 32.2 Å². The van der Waals surface area contributed by atoms with Crippen LogP contribution in [-0.4, -0.2) is 21.9 Å². The number of nitrogen functional groups attached to an aromatic ring is 1. The lowest BCUT2D eigenvalue weighted by molar-refractivity contribution is 0.414. The van der Waals surface area contributed by atoms with E-state index in [0.29, 0.717) is 12.4 Å². The van der Waals surface area contributed by atoms with Gasteiger partial charge in [-0.2, -0.15) is 5.10 Å². The normalized spacial score (nSPS) is 14.0. The van der Waals surface area contributed by atoms with Crippen molar-refractivity contribution in [3.8, 4) is 17.1 Å². The van der Waals surface area contributed by atoms with Crippen molar-refractivity contribution in [1.29, 1.82) is 0 Å². The first kappa shape index (κ1) is 17.3. The third-order valence-electron chi connectivity index (χ3n) is 5.00. The number of nitrogens with zero attached hydrogens (tertiary/aromatic N) is 3. The van der Waals surface area contributed by atoms with Gasteiger partial charge in [0.25, 0.3) is 0 Å². The van der Waals surface area contributed by atoms with Crippen LogP contribution in [0.5, 0.6) is 5.75 Å². The minimum absolute atomic E-state index is 0.614. The van der Waals surface area contributed by atoms with Gasteiger partial charge < -0.3 is 10.5 Å². The maximum atomic E-state index is 6.58. The molecule has 4 rings (SSSR count). The van der Waals surface area contributed by atoms with E-state index in [0.717, 1.165) is 41.1 Å². The zero-order valence-corrected chi connectivity index (χ0v) is 15.6. The number of methoxy groups -OCH3 is 1. The Bertz CT molecular complexity index is 942. The van der Waals surface area contributed by atoms with Crippen molar-refractivity contribution < 1.29 is 4.74 Å². The maximum Gasteiger partial charge on any atom is 0.130 e. The average Bonchev–Trinajstić information content (AvgIpc) is 3.06. The molecule has 3 aromatic rings. The van der Waals surface area contributed by atoms with Gasteiger partial charge in [-0.3, -0.25) is 4.98 Å². The topological polar surface area (TPSA) is 66.0 Å². The molecule has 2 aromatic heterocycles. The summed E-state index contributed by atoms with van der Waals surface area (Å²) < 4.78 is 7.13. The van der Waals surface area contributed by atoms with Gasteiger partial charge in [-0.15, -0.1) is 0 Å². The fourth-order valence-electron chi connectivity index (χ4n) is 3.56. The highest BCUT2D eigenvalue weighted by atomic mass is 16.5. The summed E-state index contributed by atoms with van der Waals surface area (Å²) in [5.74, 6) is 1.55. The third kappa shape index (κ3) is 3.58. The molecule has 0 spiro atoms. The smallest absolute Gasteiger partial charge is 0.130 e. The van der Waals surface area contributed by atoms with E-state index < -0.39 is 0 Å². The monoisotopic (exact) mass is 360 g/mol. The summed E-state index contributed by atoms with van der Waals surface area (Å²) in [5, 5.41) is 4.85. The molecule has 27 heavy (non-hydrogen) atoms. The van der Waals surface area contributed by atoms with Gasteiger partial charge in [0.15, 0.2) is 0 Å². The van der Waals surface area contributed by atoms with Crippen molar-refractivity contribution in [2.75, 3.05) is 12.8 Å². The van der Waals surface area contributed by atoms with Gasteiger partial charge in [0.1, 0.15) is 17.3 Å². The van der Waals surface area contributed by atoms with E-state index in [2.05, 4.69) is 11.1 Å². The molecule has 1 aliphatic rings. The zero-order chi connectivity index (χ0) is 18.6. The molecule has 2 heterocycles. The number of pyridine rings is 1. The molecule has 0 radical (unpaired) electrons. The highest BCUT2D eigenvalue weighted by molar-refractivity contribution is 5.84. The molecule has 5 heteroatoms. The van der Waals surface area contributed by atoms with Crippen LogP contribution in [0.2, 0.25) is 0 Å². The van der Waals surface area contributed by atoms with Crippen LogP contribution in [0.25, 0.3) is 17.0 Å². The van der Waals surface area contributed by atoms with E-state index in [1.807, 2.05) is 47.1 Å². The predicted molar refractivity (Wildman–Crippen MR) is 108 cm³/mol. The number of anilines is 1. The molecule has 2 N–H and O–H groups in total. The Kier molecular flexibility index (Phi) is 4.92. The van der Waals surface area contributed by atoms with E-state index in [9.17, 15) is 0 Å². The fourth-order valence-corrected chi connectivity index (χ4v) is 3.56. The fraction of sp³-hybridized carbons (Fsp3) is 0.273. The number of ether oxygens (including phenoxy) is 1. The maximum absolute atomic E-state index is 6.58. The van der Waals surface area contributed by atoms with Gasteiger partial charge >= 0.3 is 0 Å². The largest absolute Gasteiger partial charge is 0.497 e. The standard InChI is InChI=1S/C22H24N4O/c1-27-18-12-10-16(11-13-18)15-26-22(23)20(17-7-3-2-4-8-17)21(25-26)19-9-5-6-14-24-19/h5-7,9-14H,2-4,8,15,23H2,1H3. The molecule has 0 atom stereocenters. The van der Waals surface area contributed by atoms with Crippen LogP contribution in [0.15, 0.2) is 54.7 Å².